The van der Waals surface area contributed by atoms with Gasteiger partial charge in [0.15, 0.2) is 6.61 Å². The molecule has 0 aliphatic carbocycles. The zero-order chi connectivity index (χ0) is 18.1. The highest BCUT2D eigenvalue weighted by molar-refractivity contribution is 5.96. The summed E-state index contributed by atoms with van der Waals surface area (Å²) < 4.78 is 4.85. The first kappa shape index (κ1) is 19.7. The lowest BCUT2D eigenvalue weighted by atomic mass is 10.1. The van der Waals surface area contributed by atoms with Crippen LogP contribution in [0, 0.1) is 13.8 Å². The van der Waals surface area contributed by atoms with Crippen LogP contribution in [0.1, 0.15) is 48.2 Å². The Balaban J connectivity index is 2.34. The van der Waals surface area contributed by atoms with E-state index >= 15 is 0 Å². The third kappa shape index (κ3) is 6.81. The van der Waals surface area contributed by atoms with Crippen molar-refractivity contribution in [3.8, 4) is 0 Å². The van der Waals surface area contributed by atoms with E-state index < -0.39 is 5.97 Å². The lowest BCUT2D eigenvalue weighted by Crippen LogP contribution is -2.37. The van der Waals surface area contributed by atoms with Crippen LogP contribution in [0.2, 0.25) is 0 Å². The van der Waals surface area contributed by atoms with Gasteiger partial charge in [0.1, 0.15) is 6.54 Å². The Morgan fingerprint density at radius 1 is 1.17 bits per heavy atom. The SMILES string of the molecule is CCC[C@@H](C)NC(=O)COC(=O)CNC(=O)c1ccc(C)c(C)c1. The Morgan fingerprint density at radius 3 is 2.50 bits per heavy atom. The highest BCUT2D eigenvalue weighted by Crippen LogP contribution is 2.09. The van der Waals surface area contributed by atoms with E-state index in [2.05, 4.69) is 10.6 Å². The Bertz CT molecular complexity index is 599. The minimum Gasteiger partial charge on any atom is -0.454 e. The van der Waals surface area contributed by atoms with Crippen LogP contribution >= 0.6 is 0 Å². The van der Waals surface area contributed by atoms with Gasteiger partial charge >= 0.3 is 5.97 Å². The first-order valence-electron chi connectivity index (χ1n) is 8.14. The summed E-state index contributed by atoms with van der Waals surface area (Å²) in [6.07, 6.45) is 1.83. The molecule has 1 aromatic carbocycles. The van der Waals surface area contributed by atoms with Crippen LogP contribution in [-0.2, 0) is 14.3 Å². The number of rotatable bonds is 8. The average Bonchev–Trinajstić information content (AvgIpc) is 2.53. The van der Waals surface area contributed by atoms with Gasteiger partial charge in [-0.1, -0.05) is 19.4 Å². The number of benzene rings is 1. The van der Waals surface area contributed by atoms with E-state index in [0.717, 1.165) is 24.0 Å². The second-order valence-electron chi connectivity index (χ2n) is 5.90. The van der Waals surface area contributed by atoms with E-state index in [4.69, 9.17) is 4.74 Å². The highest BCUT2D eigenvalue weighted by Gasteiger charge is 2.12. The van der Waals surface area contributed by atoms with Crippen molar-refractivity contribution in [1.29, 1.82) is 0 Å². The molecule has 132 valence electrons. The van der Waals surface area contributed by atoms with E-state index in [9.17, 15) is 14.4 Å². The van der Waals surface area contributed by atoms with Gasteiger partial charge in [-0.15, -0.1) is 0 Å². The van der Waals surface area contributed by atoms with Crippen molar-refractivity contribution < 1.29 is 19.1 Å². The van der Waals surface area contributed by atoms with E-state index in [1.807, 2.05) is 33.8 Å². The fourth-order valence-corrected chi connectivity index (χ4v) is 2.16. The molecule has 0 radical (unpaired) electrons. The van der Waals surface area contributed by atoms with Gasteiger partial charge in [-0.25, -0.2) is 0 Å². The molecule has 0 heterocycles. The summed E-state index contributed by atoms with van der Waals surface area (Å²) in [6.45, 7) is 7.18. The van der Waals surface area contributed by atoms with Crippen LogP contribution in [0.4, 0.5) is 0 Å². The Morgan fingerprint density at radius 2 is 1.88 bits per heavy atom. The largest absolute Gasteiger partial charge is 0.454 e. The molecule has 6 heteroatoms. The second kappa shape index (κ2) is 9.70. The topological polar surface area (TPSA) is 84.5 Å². The minimum atomic E-state index is -0.648. The summed E-state index contributed by atoms with van der Waals surface area (Å²) in [4.78, 5) is 35.2. The molecule has 0 saturated heterocycles. The quantitative estimate of drug-likeness (QED) is 0.711. The number of hydrogen-bond donors (Lipinski definition) is 2. The molecule has 2 amide bonds. The summed E-state index contributed by atoms with van der Waals surface area (Å²) >= 11 is 0. The van der Waals surface area contributed by atoms with Crippen LogP contribution in [0.15, 0.2) is 18.2 Å². The van der Waals surface area contributed by atoms with Gasteiger partial charge in [0, 0.05) is 11.6 Å². The van der Waals surface area contributed by atoms with Crippen LogP contribution in [0.3, 0.4) is 0 Å². The van der Waals surface area contributed by atoms with Crippen molar-refractivity contribution in [2.45, 2.75) is 46.6 Å². The van der Waals surface area contributed by atoms with E-state index in [1.54, 1.807) is 12.1 Å². The van der Waals surface area contributed by atoms with Gasteiger partial charge in [-0.3, -0.25) is 14.4 Å². The van der Waals surface area contributed by atoms with E-state index in [1.165, 1.54) is 0 Å². The molecule has 24 heavy (non-hydrogen) atoms. The average molecular weight is 334 g/mol. The maximum Gasteiger partial charge on any atom is 0.325 e. The van der Waals surface area contributed by atoms with Gasteiger partial charge < -0.3 is 15.4 Å². The molecule has 2 N–H and O–H groups in total. The monoisotopic (exact) mass is 334 g/mol. The predicted molar refractivity (Wildman–Crippen MR) is 91.7 cm³/mol. The van der Waals surface area contributed by atoms with Crippen LogP contribution in [0.25, 0.3) is 0 Å². The van der Waals surface area contributed by atoms with Gasteiger partial charge in [-0.2, -0.15) is 0 Å². The third-order valence-electron chi connectivity index (χ3n) is 3.66. The van der Waals surface area contributed by atoms with Crippen molar-refractivity contribution in [3.63, 3.8) is 0 Å². The summed E-state index contributed by atoms with van der Waals surface area (Å²) in [6, 6.07) is 5.36. The molecule has 6 nitrogen and oxygen atoms in total. The number of ether oxygens (including phenoxy) is 1. The van der Waals surface area contributed by atoms with Crippen molar-refractivity contribution >= 4 is 17.8 Å². The van der Waals surface area contributed by atoms with E-state index in [0.29, 0.717) is 5.56 Å². The molecule has 1 atom stereocenters. The molecule has 0 unspecified atom stereocenters. The molecule has 1 rings (SSSR count). The molecule has 0 saturated carbocycles. The number of hydrogen-bond acceptors (Lipinski definition) is 4. The first-order chi connectivity index (χ1) is 11.3. The molecule has 0 aliphatic rings. The maximum absolute atomic E-state index is 12.0. The Hall–Kier alpha value is -2.37. The molecular weight excluding hydrogens is 308 g/mol. The molecule has 0 bridgehead atoms. The van der Waals surface area contributed by atoms with Gasteiger partial charge in [0.05, 0.1) is 0 Å². The van der Waals surface area contributed by atoms with Crippen molar-refractivity contribution in [2.24, 2.45) is 0 Å². The fraction of sp³-hybridized carbons (Fsp3) is 0.500. The molecule has 0 aromatic heterocycles. The Labute approximate surface area is 143 Å². The van der Waals surface area contributed by atoms with Gasteiger partial charge in [0.2, 0.25) is 0 Å². The number of carbonyl (C=O) groups is 3. The lowest BCUT2D eigenvalue weighted by molar-refractivity contribution is -0.147. The van der Waals surface area contributed by atoms with Crippen LogP contribution in [0.5, 0.6) is 0 Å². The third-order valence-corrected chi connectivity index (χ3v) is 3.66. The van der Waals surface area contributed by atoms with E-state index in [-0.39, 0.29) is 31.0 Å². The number of amides is 2. The molecule has 0 aliphatic heterocycles. The second-order valence-corrected chi connectivity index (χ2v) is 5.90. The van der Waals surface area contributed by atoms with Crippen LogP contribution in [-0.4, -0.2) is 37.0 Å². The number of aryl methyl sites for hydroxylation is 2. The normalized spacial score (nSPS) is 11.5. The molecular formula is C18H26N2O4. The summed E-state index contributed by atoms with van der Waals surface area (Å²) in [5.41, 5.74) is 2.58. The number of esters is 1. The van der Waals surface area contributed by atoms with Gasteiger partial charge in [-0.05, 0) is 50.5 Å². The van der Waals surface area contributed by atoms with Gasteiger partial charge in [0.25, 0.3) is 11.8 Å². The number of carbonyl (C=O) groups excluding carboxylic acids is 3. The van der Waals surface area contributed by atoms with Crippen molar-refractivity contribution in [2.75, 3.05) is 13.2 Å². The molecule has 0 fully saturated rings. The number of nitrogens with one attached hydrogen (secondary N) is 2. The predicted octanol–water partition coefficient (Wildman–Crippen LogP) is 1.88. The zero-order valence-electron chi connectivity index (χ0n) is 14.8. The first-order valence-corrected chi connectivity index (χ1v) is 8.14. The lowest BCUT2D eigenvalue weighted by Gasteiger charge is -2.13. The minimum absolute atomic E-state index is 0.0469. The zero-order valence-corrected chi connectivity index (χ0v) is 14.8. The molecule has 1 aromatic rings. The maximum atomic E-state index is 12.0. The summed E-state index contributed by atoms with van der Waals surface area (Å²) in [5.74, 6) is -1.34. The van der Waals surface area contributed by atoms with Crippen LogP contribution < -0.4 is 10.6 Å². The standard InChI is InChI=1S/C18H26N2O4/c1-5-6-14(4)20-16(21)11-24-17(22)10-19-18(23)15-8-7-12(2)13(3)9-15/h7-9,14H,5-6,10-11H2,1-4H3,(H,19,23)(H,20,21)/t14-/m1/s1. The van der Waals surface area contributed by atoms with Crippen molar-refractivity contribution in [1.82, 2.24) is 10.6 Å². The summed E-state index contributed by atoms with van der Waals surface area (Å²) in [5, 5.41) is 5.22. The highest BCUT2D eigenvalue weighted by atomic mass is 16.5. The fourth-order valence-electron chi connectivity index (χ4n) is 2.16. The smallest absolute Gasteiger partial charge is 0.325 e. The molecule has 0 spiro atoms. The summed E-state index contributed by atoms with van der Waals surface area (Å²) in [7, 11) is 0. The Kier molecular flexibility index (Phi) is 7.95. The van der Waals surface area contributed by atoms with Crippen molar-refractivity contribution in [3.05, 3.63) is 34.9 Å².